The van der Waals surface area contributed by atoms with E-state index in [1.165, 1.54) is 0 Å². The molecule has 0 aliphatic heterocycles. The highest BCUT2D eigenvalue weighted by Crippen LogP contribution is 2.26. The maximum atomic E-state index is 14.0. The Morgan fingerprint density at radius 3 is 2.37 bits per heavy atom. The number of nitrogens with one attached hydrogen (secondary N) is 1. The van der Waals surface area contributed by atoms with Crippen LogP contribution in [0.4, 0.5) is 19.3 Å². The van der Waals surface area contributed by atoms with Gasteiger partial charge in [-0.15, -0.1) is 0 Å². The highest BCUT2D eigenvalue weighted by atomic mass is 19.3. The molecule has 1 aromatic rings. The number of ether oxygens (including phenoxy) is 1. The van der Waals surface area contributed by atoms with Crippen LogP contribution in [-0.4, -0.2) is 47.7 Å². The SMILES string of the molecule is CCCCOC(=O)Nc1ccc(CC(N)C(O)C(F)(F)C(N)C(C)=O)cc1. The van der Waals surface area contributed by atoms with Crippen LogP contribution in [0.25, 0.3) is 0 Å². The van der Waals surface area contributed by atoms with E-state index in [9.17, 15) is 23.5 Å². The third-order valence-corrected chi connectivity index (χ3v) is 4.06. The number of aliphatic hydroxyl groups is 1. The van der Waals surface area contributed by atoms with Crippen molar-refractivity contribution in [1.29, 1.82) is 0 Å². The van der Waals surface area contributed by atoms with E-state index in [-0.39, 0.29) is 6.42 Å². The van der Waals surface area contributed by atoms with Gasteiger partial charge in [-0.2, -0.15) is 0 Å². The van der Waals surface area contributed by atoms with Crippen molar-refractivity contribution in [3.63, 3.8) is 0 Å². The van der Waals surface area contributed by atoms with Gasteiger partial charge in [-0.3, -0.25) is 10.1 Å². The highest BCUT2D eigenvalue weighted by molar-refractivity contribution is 5.84. The van der Waals surface area contributed by atoms with E-state index in [0.717, 1.165) is 19.8 Å². The van der Waals surface area contributed by atoms with Crippen LogP contribution in [0.5, 0.6) is 0 Å². The second kappa shape index (κ2) is 10.3. The number of rotatable bonds is 10. The second-order valence-electron chi connectivity index (χ2n) is 6.39. The predicted octanol–water partition coefficient (Wildman–Crippen LogP) is 1.82. The monoisotopic (exact) mass is 387 g/mol. The molecular weight excluding hydrogens is 360 g/mol. The average molecular weight is 387 g/mol. The van der Waals surface area contributed by atoms with E-state index >= 15 is 0 Å². The van der Waals surface area contributed by atoms with Gasteiger partial charge in [0.2, 0.25) is 0 Å². The summed E-state index contributed by atoms with van der Waals surface area (Å²) in [7, 11) is 0. The molecule has 6 N–H and O–H groups in total. The fourth-order valence-electron chi connectivity index (χ4n) is 2.31. The number of halogens is 2. The molecule has 0 heterocycles. The Morgan fingerprint density at radius 2 is 1.85 bits per heavy atom. The zero-order valence-corrected chi connectivity index (χ0v) is 15.5. The highest BCUT2D eigenvalue weighted by Gasteiger charge is 2.49. The number of Topliss-reactive ketones (excluding diaryl/α,β-unsaturated/α-hetero) is 1. The Kier molecular flexibility index (Phi) is 8.74. The van der Waals surface area contributed by atoms with Crippen molar-refractivity contribution in [2.24, 2.45) is 11.5 Å². The fraction of sp³-hybridized carbons (Fsp3) is 0.556. The first-order valence-electron chi connectivity index (χ1n) is 8.69. The Bertz CT molecular complexity index is 626. The van der Waals surface area contributed by atoms with Gasteiger partial charge in [0.05, 0.1) is 6.61 Å². The molecule has 152 valence electrons. The summed E-state index contributed by atoms with van der Waals surface area (Å²) in [6, 6.07) is 2.84. The lowest BCUT2D eigenvalue weighted by atomic mass is 9.93. The number of nitrogens with two attached hydrogens (primary N) is 2. The number of benzene rings is 1. The molecule has 0 spiro atoms. The number of hydrogen-bond donors (Lipinski definition) is 4. The summed E-state index contributed by atoms with van der Waals surface area (Å²) >= 11 is 0. The summed E-state index contributed by atoms with van der Waals surface area (Å²) in [6.07, 6.45) is -1.25. The number of hydrogen-bond acceptors (Lipinski definition) is 6. The van der Waals surface area contributed by atoms with Crippen molar-refractivity contribution < 1.29 is 28.2 Å². The van der Waals surface area contributed by atoms with E-state index in [1.807, 2.05) is 6.92 Å². The molecule has 7 nitrogen and oxygen atoms in total. The van der Waals surface area contributed by atoms with Crippen molar-refractivity contribution in [1.82, 2.24) is 0 Å². The van der Waals surface area contributed by atoms with Crippen LogP contribution in [-0.2, 0) is 16.0 Å². The van der Waals surface area contributed by atoms with Crippen LogP contribution in [0.3, 0.4) is 0 Å². The summed E-state index contributed by atoms with van der Waals surface area (Å²) in [4.78, 5) is 22.6. The predicted molar refractivity (Wildman–Crippen MR) is 97.6 cm³/mol. The molecular formula is C18H27F2N3O4. The minimum Gasteiger partial charge on any atom is -0.449 e. The third-order valence-electron chi connectivity index (χ3n) is 4.06. The van der Waals surface area contributed by atoms with Crippen LogP contribution >= 0.6 is 0 Å². The van der Waals surface area contributed by atoms with Gasteiger partial charge in [0, 0.05) is 11.7 Å². The molecule has 1 aromatic carbocycles. The number of carbonyl (C=O) groups is 2. The van der Waals surface area contributed by atoms with E-state index in [0.29, 0.717) is 17.9 Å². The molecule has 0 fully saturated rings. The molecule has 0 aliphatic carbocycles. The summed E-state index contributed by atoms with van der Waals surface area (Å²) in [6.45, 7) is 3.23. The number of alkyl halides is 2. The maximum Gasteiger partial charge on any atom is 0.411 e. The van der Waals surface area contributed by atoms with Gasteiger partial charge >= 0.3 is 6.09 Å². The molecule has 0 aliphatic rings. The molecule has 0 saturated heterocycles. The number of carbonyl (C=O) groups excluding carboxylic acids is 2. The Hall–Kier alpha value is -2.10. The molecule has 0 aromatic heterocycles. The van der Waals surface area contributed by atoms with Crippen molar-refractivity contribution in [2.45, 2.75) is 57.2 Å². The molecule has 27 heavy (non-hydrogen) atoms. The van der Waals surface area contributed by atoms with Crippen molar-refractivity contribution in [3.05, 3.63) is 29.8 Å². The largest absolute Gasteiger partial charge is 0.449 e. The quantitative estimate of drug-likeness (QED) is 0.454. The lowest BCUT2D eigenvalue weighted by molar-refractivity contribution is -0.150. The maximum absolute atomic E-state index is 14.0. The molecule has 0 bridgehead atoms. The van der Waals surface area contributed by atoms with E-state index < -0.39 is 36.0 Å². The van der Waals surface area contributed by atoms with Crippen LogP contribution in [0.2, 0.25) is 0 Å². The molecule has 3 atom stereocenters. The van der Waals surface area contributed by atoms with Gasteiger partial charge in [0.25, 0.3) is 5.92 Å². The first-order chi connectivity index (χ1) is 12.6. The zero-order valence-electron chi connectivity index (χ0n) is 15.5. The topological polar surface area (TPSA) is 128 Å². The van der Waals surface area contributed by atoms with Gasteiger partial charge in [0.15, 0.2) is 5.78 Å². The second-order valence-corrected chi connectivity index (χ2v) is 6.39. The van der Waals surface area contributed by atoms with Crippen LogP contribution in [0.15, 0.2) is 24.3 Å². The van der Waals surface area contributed by atoms with Crippen molar-refractivity contribution >= 4 is 17.6 Å². The molecule has 9 heteroatoms. The van der Waals surface area contributed by atoms with Gasteiger partial charge in [-0.1, -0.05) is 25.5 Å². The number of anilines is 1. The molecule has 1 rings (SSSR count). The Labute approximate surface area is 157 Å². The first-order valence-corrected chi connectivity index (χ1v) is 8.69. The zero-order chi connectivity index (χ0) is 20.6. The molecule has 1 amide bonds. The summed E-state index contributed by atoms with van der Waals surface area (Å²) in [5.41, 5.74) is 11.9. The fourth-order valence-corrected chi connectivity index (χ4v) is 2.31. The lowest BCUT2D eigenvalue weighted by Gasteiger charge is -2.30. The van der Waals surface area contributed by atoms with Crippen molar-refractivity contribution in [2.75, 3.05) is 11.9 Å². The first kappa shape index (κ1) is 22.9. The minimum atomic E-state index is -3.84. The van der Waals surface area contributed by atoms with Gasteiger partial charge < -0.3 is 21.3 Å². The molecule has 0 saturated carbocycles. The Morgan fingerprint density at radius 1 is 1.26 bits per heavy atom. The van der Waals surface area contributed by atoms with E-state index in [2.05, 4.69) is 5.32 Å². The molecule has 3 unspecified atom stereocenters. The number of unbranched alkanes of at least 4 members (excludes halogenated alkanes) is 1. The van der Waals surface area contributed by atoms with Gasteiger partial charge in [-0.05, 0) is 37.5 Å². The van der Waals surface area contributed by atoms with Crippen LogP contribution < -0.4 is 16.8 Å². The minimum absolute atomic E-state index is 0.0669. The van der Waals surface area contributed by atoms with Crippen molar-refractivity contribution in [3.8, 4) is 0 Å². The molecule has 0 radical (unpaired) electrons. The number of amides is 1. The van der Waals surface area contributed by atoms with E-state index in [4.69, 9.17) is 16.2 Å². The summed E-state index contributed by atoms with van der Waals surface area (Å²) < 4.78 is 33.0. The standard InChI is InChI=1S/C18H27F2N3O4/c1-3-4-9-27-17(26)23-13-7-5-12(6-8-13)10-14(21)16(25)18(19,20)15(22)11(2)24/h5-8,14-16,25H,3-4,9-10,21-22H2,1-2H3,(H,23,26). The average Bonchev–Trinajstić information content (AvgIpc) is 2.62. The summed E-state index contributed by atoms with van der Waals surface area (Å²) in [5, 5.41) is 12.4. The number of aliphatic hydroxyl groups excluding tert-OH is 1. The third kappa shape index (κ3) is 6.85. The Balaban J connectivity index is 2.64. The van der Waals surface area contributed by atoms with Crippen LogP contribution in [0.1, 0.15) is 32.3 Å². The van der Waals surface area contributed by atoms with Gasteiger partial charge in [0.1, 0.15) is 12.1 Å². The van der Waals surface area contributed by atoms with E-state index in [1.54, 1.807) is 24.3 Å². The van der Waals surface area contributed by atoms with Crippen LogP contribution in [0, 0.1) is 0 Å². The smallest absolute Gasteiger partial charge is 0.411 e. The lowest BCUT2D eigenvalue weighted by Crippen LogP contribution is -2.59. The summed E-state index contributed by atoms with van der Waals surface area (Å²) in [5.74, 6) is -4.78. The normalized spacial score (nSPS) is 14.9. The van der Waals surface area contributed by atoms with Gasteiger partial charge in [-0.25, -0.2) is 13.6 Å². The number of ketones is 1.